The van der Waals surface area contributed by atoms with E-state index in [0.717, 1.165) is 19.3 Å². The summed E-state index contributed by atoms with van der Waals surface area (Å²) < 4.78 is 32.9. The summed E-state index contributed by atoms with van der Waals surface area (Å²) in [7, 11) is 1.21. The van der Waals surface area contributed by atoms with Crippen molar-refractivity contribution in [3.8, 4) is 0 Å². The van der Waals surface area contributed by atoms with Crippen LogP contribution in [0.2, 0.25) is 0 Å². The van der Waals surface area contributed by atoms with E-state index in [1.54, 1.807) is 0 Å². The molecule has 5 atom stereocenters. The molecule has 1 heterocycles. The second-order valence-electron chi connectivity index (χ2n) is 8.84. The van der Waals surface area contributed by atoms with Gasteiger partial charge in [0.05, 0.1) is 7.11 Å². The van der Waals surface area contributed by atoms with Crippen LogP contribution >= 0.6 is 0 Å². The van der Waals surface area contributed by atoms with Crippen molar-refractivity contribution >= 4 is 23.8 Å². The van der Waals surface area contributed by atoms with Crippen molar-refractivity contribution in [2.24, 2.45) is 0 Å². The standard InChI is InChI=1S/C25H43NO10/c1-6-7-8-9-10-11-12-13-14-32-25-22(26-17(2)27)24(34-16-21(30)31-5)23(35-19(4)29)20(36-25)15-33-18(3)28/h20,22-25H,6-16H2,1-5H3,(H,26,27)/t20-,22-,23+,24+,25-/m1/s1. The first-order chi connectivity index (χ1) is 17.2. The second-order valence-corrected chi connectivity index (χ2v) is 8.84. The van der Waals surface area contributed by atoms with Gasteiger partial charge in [-0.25, -0.2) is 4.79 Å². The Morgan fingerprint density at radius 1 is 0.833 bits per heavy atom. The Labute approximate surface area is 213 Å². The Balaban J connectivity index is 2.95. The molecule has 0 aromatic rings. The highest BCUT2D eigenvalue weighted by Crippen LogP contribution is 2.28. The number of rotatable bonds is 17. The lowest BCUT2D eigenvalue weighted by molar-refractivity contribution is -0.281. The van der Waals surface area contributed by atoms with Crippen molar-refractivity contribution < 1.29 is 47.6 Å². The molecule has 11 heteroatoms. The van der Waals surface area contributed by atoms with Gasteiger partial charge in [-0.1, -0.05) is 51.9 Å². The number of nitrogens with one attached hydrogen (secondary N) is 1. The molecule has 208 valence electrons. The first-order valence-corrected chi connectivity index (χ1v) is 12.7. The molecule has 1 aliphatic rings. The Hall–Kier alpha value is -2.24. The Morgan fingerprint density at radius 3 is 2.03 bits per heavy atom. The summed E-state index contributed by atoms with van der Waals surface area (Å²) >= 11 is 0. The van der Waals surface area contributed by atoms with Gasteiger partial charge in [0.15, 0.2) is 12.4 Å². The molecule has 11 nitrogen and oxygen atoms in total. The number of carbonyl (C=O) groups is 4. The minimum absolute atomic E-state index is 0.240. The van der Waals surface area contributed by atoms with Crippen LogP contribution in [0.4, 0.5) is 0 Å². The molecule has 1 N–H and O–H groups in total. The number of esters is 3. The van der Waals surface area contributed by atoms with Crippen LogP contribution < -0.4 is 5.32 Å². The van der Waals surface area contributed by atoms with Gasteiger partial charge in [0, 0.05) is 27.4 Å². The highest BCUT2D eigenvalue weighted by molar-refractivity contribution is 5.73. The van der Waals surface area contributed by atoms with Crippen LogP contribution in [0.5, 0.6) is 0 Å². The van der Waals surface area contributed by atoms with Gasteiger partial charge in [0.1, 0.15) is 31.5 Å². The van der Waals surface area contributed by atoms with E-state index in [1.165, 1.54) is 60.0 Å². The van der Waals surface area contributed by atoms with E-state index >= 15 is 0 Å². The first kappa shape index (κ1) is 31.8. The van der Waals surface area contributed by atoms with Crippen LogP contribution in [0, 0.1) is 0 Å². The maximum absolute atomic E-state index is 12.0. The second kappa shape index (κ2) is 18.1. The predicted octanol–water partition coefficient (Wildman–Crippen LogP) is 2.43. The topological polar surface area (TPSA) is 136 Å². The molecule has 0 radical (unpaired) electrons. The van der Waals surface area contributed by atoms with E-state index in [9.17, 15) is 19.2 Å². The molecule has 0 bridgehead atoms. The number of hydrogen-bond donors (Lipinski definition) is 1. The van der Waals surface area contributed by atoms with Crippen molar-refractivity contribution in [3.05, 3.63) is 0 Å². The summed E-state index contributed by atoms with van der Waals surface area (Å²) in [5, 5.41) is 2.73. The summed E-state index contributed by atoms with van der Waals surface area (Å²) in [4.78, 5) is 47.1. The zero-order valence-corrected chi connectivity index (χ0v) is 22.2. The van der Waals surface area contributed by atoms with Crippen LogP contribution in [0.25, 0.3) is 0 Å². The number of hydrogen-bond acceptors (Lipinski definition) is 10. The van der Waals surface area contributed by atoms with E-state index < -0.39 is 61.1 Å². The van der Waals surface area contributed by atoms with E-state index in [1.807, 2.05) is 0 Å². The SMILES string of the molecule is CCCCCCCCCCO[C@@H]1O[C@H](COC(C)=O)[C@H](OC(C)=O)[C@@H](OCC(=O)OC)[C@H]1NC(C)=O. The molecule has 1 fully saturated rings. The quantitative estimate of drug-likeness (QED) is 0.174. The summed E-state index contributed by atoms with van der Waals surface area (Å²) in [5.41, 5.74) is 0. The van der Waals surface area contributed by atoms with Crippen LogP contribution in [-0.2, 0) is 47.6 Å². The summed E-state index contributed by atoms with van der Waals surface area (Å²) in [6, 6.07) is -0.904. The van der Waals surface area contributed by atoms with Crippen LogP contribution in [-0.4, -0.2) is 81.4 Å². The normalized spacial score (nSPS) is 23.5. The minimum Gasteiger partial charge on any atom is -0.467 e. The average molecular weight is 518 g/mol. The van der Waals surface area contributed by atoms with Gasteiger partial charge in [-0.15, -0.1) is 0 Å². The van der Waals surface area contributed by atoms with Crippen molar-refractivity contribution in [1.29, 1.82) is 0 Å². The molecule has 1 rings (SSSR count). The van der Waals surface area contributed by atoms with Crippen molar-refractivity contribution in [2.45, 2.75) is 110 Å². The van der Waals surface area contributed by atoms with Gasteiger partial charge in [0.25, 0.3) is 0 Å². The highest BCUT2D eigenvalue weighted by Gasteiger charge is 2.50. The molecule has 1 amide bonds. The zero-order valence-electron chi connectivity index (χ0n) is 22.2. The minimum atomic E-state index is -1.09. The van der Waals surface area contributed by atoms with Crippen molar-refractivity contribution in [1.82, 2.24) is 5.32 Å². The molecule has 0 saturated carbocycles. The Kier molecular flexibility index (Phi) is 16.0. The first-order valence-electron chi connectivity index (χ1n) is 12.7. The molecule has 0 aromatic heterocycles. The lowest BCUT2D eigenvalue weighted by atomic mass is 9.96. The molecule has 0 aromatic carbocycles. The summed E-state index contributed by atoms with van der Waals surface area (Å²) in [6.45, 7) is 5.62. The number of unbranched alkanes of at least 4 members (excludes halogenated alkanes) is 7. The maximum Gasteiger partial charge on any atom is 0.331 e. The van der Waals surface area contributed by atoms with Gasteiger partial charge < -0.3 is 33.7 Å². The summed E-state index contributed by atoms with van der Waals surface area (Å²) in [6.07, 6.45) is 4.93. The number of ether oxygens (including phenoxy) is 6. The largest absolute Gasteiger partial charge is 0.467 e. The Morgan fingerprint density at radius 2 is 1.47 bits per heavy atom. The molecule has 1 saturated heterocycles. The van der Waals surface area contributed by atoms with Gasteiger partial charge in [0.2, 0.25) is 5.91 Å². The molecular weight excluding hydrogens is 474 g/mol. The van der Waals surface area contributed by atoms with Gasteiger partial charge in [-0.2, -0.15) is 0 Å². The maximum atomic E-state index is 12.0. The van der Waals surface area contributed by atoms with Crippen molar-refractivity contribution in [3.63, 3.8) is 0 Å². The smallest absolute Gasteiger partial charge is 0.331 e. The van der Waals surface area contributed by atoms with E-state index in [0.29, 0.717) is 6.61 Å². The van der Waals surface area contributed by atoms with E-state index in [-0.39, 0.29) is 6.61 Å². The van der Waals surface area contributed by atoms with Crippen LogP contribution in [0.15, 0.2) is 0 Å². The number of amides is 1. The molecule has 0 spiro atoms. The van der Waals surface area contributed by atoms with Crippen LogP contribution in [0.3, 0.4) is 0 Å². The molecular formula is C25H43NO10. The Bertz CT molecular complexity index is 686. The predicted molar refractivity (Wildman–Crippen MR) is 129 cm³/mol. The zero-order chi connectivity index (χ0) is 26.9. The number of methoxy groups -OCH3 is 1. The molecule has 0 unspecified atom stereocenters. The molecule has 1 aliphatic heterocycles. The van der Waals surface area contributed by atoms with Gasteiger partial charge >= 0.3 is 17.9 Å². The highest BCUT2D eigenvalue weighted by atomic mass is 16.7. The average Bonchev–Trinajstić information content (AvgIpc) is 2.81. The van der Waals surface area contributed by atoms with Crippen molar-refractivity contribution in [2.75, 3.05) is 26.9 Å². The van der Waals surface area contributed by atoms with E-state index in [2.05, 4.69) is 17.0 Å². The fourth-order valence-electron chi connectivity index (χ4n) is 3.96. The monoisotopic (exact) mass is 517 g/mol. The molecule has 0 aliphatic carbocycles. The van der Waals surface area contributed by atoms with Gasteiger partial charge in [-0.3, -0.25) is 14.4 Å². The lowest BCUT2D eigenvalue weighted by Gasteiger charge is -2.45. The fraction of sp³-hybridized carbons (Fsp3) is 0.840. The van der Waals surface area contributed by atoms with Gasteiger partial charge in [-0.05, 0) is 6.42 Å². The number of carbonyl (C=O) groups excluding carboxylic acids is 4. The summed E-state index contributed by atoms with van der Waals surface area (Å²) in [5.74, 6) is -2.23. The third kappa shape index (κ3) is 12.6. The van der Waals surface area contributed by atoms with E-state index in [4.69, 9.17) is 23.7 Å². The molecule has 36 heavy (non-hydrogen) atoms. The van der Waals surface area contributed by atoms with Crippen LogP contribution in [0.1, 0.15) is 79.1 Å². The fourth-order valence-corrected chi connectivity index (χ4v) is 3.96. The lowest BCUT2D eigenvalue weighted by Crippen LogP contribution is -2.66. The third-order valence-corrected chi connectivity index (χ3v) is 5.67. The third-order valence-electron chi connectivity index (χ3n) is 5.67.